The normalized spacial score (nSPS) is 11.2. The average Bonchev–Trinajstić information content (AvgIpc) is 2.94. The molecule has 3 rings (SSSR count). The first-order valence-electron chi connectivity index (χ1n) is 7.55. The van der Waals surface area contributed by atoms with Gasteiger partial charge in [-0.15, -0.1) is 5.10 Å². The molecule has 0 saturated heterocycles. The van der Waals surface area contributed by atoms with Crippen molar-refractivity contribution < 1.29 is 9.18 Å². The maximum Gasteiger partial charge on any atom is 0.261 e. The van der Waals surface area contributed by atoms with Gasteiger partial charge in [-0.1, -0.05) is 19.1 Å². The minimum atomic E-state index is -0.448. The van der Waals surface area contributed by atoms with E-state index in [-0.39, 0.29) is 11.8 Å². The number of aromatic nitrogens is 5. The Kier molecular flexibility index (Phi) is 4.20. The Balaban J connectivity index is 2.06. The molecule has 3 aromatic rings. The number of hydrogen-bond donors (Lipinski definition) is 0. The molecular formula is C16H17FN6O. The summed E-state index contributed by atoms with van der Waals surface area (Å²) < 4.78 is 14.7. The first-order valence-corrected chi connectivity index (χ1v) is 7.55. The van der Waals surface area contributed by atoms with Gasteiger partial charge in [0.1, 0.15) is 17.2 Å². The first-order chi connectivity index (χ1) is 11.5. The molecule has 0 radical (unpaired) electrons. The molecule has 1 amide bonds. The van der Waals surface area contributed by atoms with Crippen LogP contribution in [0.3, 0.4) is 0 Å². The van der Waals surface area contributed by atoms with Gasteiger partial charge in [0.2, 0.25) is 0 Å². The van der Waals surface area contributed by atoms with Crippen molar-refractivity contribution in [2.45, 2.75) is 13.8 Å². The lowest BCUT2D eigenvalue weighted by molar-refractivity contribution is 0.0984. The standard InChI is InChI=1S/C16H17FN6O/c1-10(2)9-23(13-5-4-11(17)8-19-13)16(24)12-6-7-18-15-14(12)20-21-22(15)3/h4-8,10H,9H2,1-3H3. The highest BCUT2D eigenvalue weighted by molar-refractivity contribution is 6.11. The molecule has 124 valence electrons. The van der Waals surface area contributed by atoms with Crippen LogP contribution in [0, 0.1) is 11.7 Å². The number of anilines is 1. The quantitative estimate of drug-likeness (QED) is 0.734. The molecule has 0 aliphatic rings. The highest BCUT2D eigenvalue weighted by Gasteiger charge is 2.23. The maximum atomic E-state index is 13.2. The van der Waals surface area contributed by atoms with E-state index in [9.17, 15) is 9.18 Å². The zero-order valence-electron chi connectivity index (χ0n) is 13.6. The van der Waals surface area contributed by atoms with E-state index in [2.05, 4.69) is 20.3 Å². The number of nitrogens with zero attached hydrogens (tertiary/aromatic N) is 6. The van der Waals surface area contributed by atoms with Crippen LogP contribution in [0.2, 0.25) is 0 Å². The molecule has 0 bridgehead atoms. The van der Waals surface area contributed by atoms with Crippen LogP contribution in [-0.2, 0) is 7.05 Å². The predicted octanol–water partition coefficient (Wildman–Crippen LogP) is 2.20. The summed E-state index contributed by atoms with van der Waals surface area (Å²) in [5, 5.41) is 7.94. The number of amides is 1. The summed E-state index contributed by atoms with van der Waals surface area (Å²) in [6.07, 6.45) is 2.64. The van der Waals surface area contributed by atoms with Gasteiger partial charge in [-0.25, -0.2) is 19.0 Å². The molecule has 0 aliphatic heterocycles. The Morgan fingerprint density at radius 1 is 1.29 bits per heavy atom. The van der Waals surface area contributed by atoms with Gasteiger partial charge in [-0.3, -0.25) is 9.69 Å². The zero-order chi connectivity index (χ0) is 17.3. The summed E-state index contributed by atoms with van der Waals surface area (Å²) in [5.41, 5.74) is 1.35. The molecule has 0 atom stereocenters. The van der Waals surface area contributed by atoms with Crippen LogP contribution in [-0.4, -0.2) is 37.4 Å². The minimum Gasteiger partial charge on any atom is -0.292 e. The number of rotatable bonds is 4. The van der Waals surface area contributed by atoms with E-state index in [1.54, 1.807) is 19.3 Å². The summed E-state index contributed by atoms with van der Waals surface area (Å²) in [6, 6.07) is 4.38. The van der Waals surface area contributed by atoms with Gasteiger partial charge in [0, 0.05) is 19.8 Å². The van der Waals surface area contributed by atoms with Crippen LogP contribution >= 0.6 is 0 Å². The molecule has 0 unspecified atom stereocenters. The third-order valence-corrected chi connectivity index (χ3v) is 3.50. The number of pyridine rings is 2. The maximum absolute atomic E-state index is 13.2. The largest absolute Gasteiger partial charge is 0.292 e. The van der Waals surface area contributed by atoms with Crippen molar-refractivity contribution in [1.29, 1.82) is 0 Å². The van der Waals surface area contributed by atoms with E-state index < -0.39 is 5.82 Å². The van der Waals surface area contributed by atoms with Crippen LogP contribution in [0.1, 0.15) is 24.2 Å². The first kappa shape index (κ1) is 16.0. The van der Waals surface area contributed by atoms with Gasteiger partial charge < -0.3 is 0 Å². The lowest BCUT2D eigenvalue weighted by Gasteiger charge is -2.23. The van der Waals surface area contributed by atoms with E-state index in [0.29, 0.717) is 29.1 Å². The van der Waals surface area contributed by atoms with Crippen molar-refractivity contribution in [3.63, 3.8) is 0 Å². The fraction of sp³-hybridized carbons (Fsp3) is 0.312. The van der Waals surface area contributed by atoms with Crippen LogP contribution in [0.15, 0.2) is 30.6 Å². The molecule has 0 saturated carbocycles. The van der Waals surface area contributed by atoms with Crippen molar-refractivity contribution in [2.24, 2.45) is 13.0 Å². The van der Waals surface area contributed by atoms with Crippen LogP contribution in [0.25, 0.3) is 11.2 Å². The van der Waals surface area contributed by atoms with Crippen molar-refractivity contribution in [3.05, 3.63) is 42.0 Å². The van der Waals surface area contributed by atoms with E-state index in [1.165, 1.54) is 21.7 Å². The minimum absolute atomic E-state index is 0.208. The average molecular weight is 328 g/mol. The Morgan fingerprint density at radius 3 is 2.75 bits per heavy atom. The molecule has 0 N–H and O–H groups in total. The smallest absolute Gasteiger partial charge is 0.261 e. The van der Waals surface area contributed by atoms with E-state index >= 15 is 0 Å². The SMILES string of the molecule is CC(C)CN(C(=O)c1ccnc2c1nnn2C)c1ccc(F)cn1. The molecule has 0 spiro atoms. The number of hydrogen-bond acceptors (Lipinski definition) is 5. The fourth-order valence-electron chi connectivity index (χ4n) is 2.42. The summed E-state index contributed by atoms with van der Waals surface area (Å²) >= 11 is 0. The van der Waals surface area contributed by atoms with Gasteiger partial charge in [0.25, 0.3) is 5.91 Å². The second-order valence-corrected chi connectivity index (χ2v) is 5.89. The van der Waals surface area contributed by atoms with Gasteiger partial charge in [-0.2, -0.15) is 0 Å². The van der Waals surface area contributed by atoms with Crippen molar-refractivity contribution in [1.82, 2.24) is 25.0 Å². The van der Waals surface area contributed by atoms with Crippen LogP contribution < -0.4 is 4.90 Å². The fourth-order valence-corrected chi connectivity index (χ4v) is 2.42. The molecule has 7 nitrogen and oxygen atoms in total. The lowest BCUT2D eigenvalue weighted by atomic mass is 10.1. The second kappa shape index (κ2) is 6.31. The lowest BCUT2D eigenvalue weighted by Crippen LogP contribution is -2.35. The molecule has 3 aromatic heterocycles. The number of fused-ring (bicyclic) bond motifs is 1. The highest BCUT2D eigenvalue weighted by Crippen LogP contribution is 2.20. The van der Waals surface area contributed by atoms with E-state index in [1.807, 2.05) is 13.8 Å². The van der Waals surface area contributed by atoms with Crippen molar-refractivity contribution in [2.75, 3.05) is 11.4 Å². The number of halogens is 1. The molecule has 8 heteroatoms. The predicted molar refractivity (Wildman–Crippen MR) is 87.0 cm³/mol. The molecule has 24 heavy (non-hydrogen) atoms. The number of carbonyl (C=O) groups is 1. The molecule has 3 heterocycles. The van der Waals surface area contributed by atoms with Gasteiger partial charge in [-0.05, 0) is 24.1 Å². The molecule has 0 fully saturated rings. The van der Waals surface area contributed by atoms with Crippen molar-refractivity contribution in [3.8, 4) is 0 Å². The summed E-state index contributed by atoms with van der Waals surface area (Å²) in [7, 11) is 1.71. The Morgan fingerprint density at radius 2 is 2.08 bits per heavy atom. The Bertz CT molecular complexity index is 874. The molecular weight excluding hydrogens is 311 g/mol. The second-order valence-electron chi connectivity index (χ2n) is 5.89. The van der Waals surface area contributed by atoms with Gasteiger partial charge in [0.05, 0.1) is 11.8 Å². The van der Waals surface area contributed by atoms with E-state index in [0.717, 1.165) is 6.20 Å². The van der Waals surface area contributed by atoms with Crippen LogP contribution in [0.4, 0.5) is 10.2 Å². The summed E-state index contributed by atoms with van der Waals surface area (Å²) in [4.78, 5) is 22.8. The number of aryl methyl sites for hydroxylation is 1. The van der Waals surface area contributed by atoms with Gasteiger partial charge >= 0.3 is 0 Å². The Hall–Kier alpha value is -2.90. The highest BCUT2D eigenvalue weighted by atomic mass is 19.1. The zero-order valence-corrected chi connectivity index (χ0v) is 13.6. The van der Waals surface area contributed by atoms with Crippen LogP contribution in [0.5, 0.6) is 0 Å². The van der Waals surface area contributed by atoms with Gasteiger partial charge in [0.15, 0.2) is 5.65 Å². The number of carbonyl (C=O) groups excluding carboxylic acids is 1. The topological polar surface area (TPSA) is 76.8 Å². The third-order valence-electron chi connectivity index (χ3n) is 3.50. The van der Waals surface area contributed by atoms with Crippen molar-refractivity contribution >= 4 is 22.9 Å². The monoisotopic (exact) mass is 328 g/mol. The summed E-state index contributed by atoms with van der Waals surface area (Å²) in [6.45, 7) is 4.43. The Labute approximate surface area is 138 Å². The summed E-state index contributed by atoms with van der Waals surface area (Å²) in [5.74, 6) is -0.115. The molecule has 0 aliphatic carbocycles. The van der Waals surface area contributed by atoms with E-state index in [4.69, 9.17) is 0 Å². The third kappa shape index (κ3) is 2.94. The molecule has 0 aromatic carbocycles.